The van der Waals surface area contributed by atoms with Gasteiger partial charge in [0.15, 0.2) is 0 Å². The van der Waals surface area contributed by atoms with Crippen LogP contribution < -0.4 is 10.2 Å². The zero-order chi connectivity index (χ0) is 19.4. The summed E-state index contributed by atoms with van der Waals surface area (Å²) in [5, 5.41) is 2.96. The molecule has 6 nitrogen and oxygen atoms in total. The molecular formula is C20H25BrN2O4. The second kappa shape index (κ2) is 8.42. The van der Waals surface area contributed by atoms with Crippen LogP contribution in [0.5, 0.6) is 0 Å². The van der Waals surface area contributed by atoms with Gasteiger partial charge in [0, 0.05) is 17.4 Å². The SMILES string of the molecule is CCOC(=O)C1(NC(=O)[C@@H]2CC(=O)N(c3ccccc3Br)C2)CCCCC1. The molecule has 3 rings (SSSR count). The summed E-state index contributed by atoms with van der Waals surface area (Å²) in [4.78, 5) is 39.6. The number of hydrogen-bond acceptors (Lipinski definition) is 4. The van der Waals surface area contributed by atoms with E-state index in [0.29, 0.717) is 19.4 Å². The van der Waals surface area contributed by atoms with Crippen molar-refractivity contribution >= 4 is 39.4 Å². The van der Waals surface area contributed by atoms with E-state index < -0.39 is 11.5 Å². The van der Waals surface area contributed by atoms with Crippen LogP contribution in [0.2, 0.25) is 0 Å². The number of benzene rings is 1. The molecule has 27 heavy (non-hydrogen) atoms. The van der Waals surface area contributed by atoms with Crippen molar-refractivity contribution < 1.29 is 19.1 Å². The monoisotopic (exact) mass is 436 g/mol. The summed E-state index contributed by atoms with van der Waals surface area (Å²) in [7, 11) is 0. The second-order valence-corrected chi connectivity index (χ2v) is 8.06. The lowest BCUT2D eigenvalue weighted by atomic mass is 9.81. The lowest BCUT2D eigenvalue weighted by Crippen LogP contribution is -2.57. The average Bonchev–Trinajstić information content (AvgIpc) is 3.05. The summed E-state index contributed by atoms with van der Waals surface area (Å²) in [6.07, 6.45) is 4.14. The third-order valence-electron chi connectivity index (χ3n) is 5.37. The minimum Gasteiger partial charge on any atom is -0.464 e. The highest BCUT2D eigenvalue weighted by Gasteiger charge is 2.45. The number of halogens is 1. The fourth-order valence-electron chi connectivity index (χ4n) is 3.93. The Labute approximate surface area is 167 Å². The first-order chi connectivity index (χ1) is 13.0. The molecule has 2 fully saturated rings. The first kappa shape index (κ1) is 19.9. The number of esters is 1. The van der Waals surface area contributed by atoms with E-state index in [1.165, 1.54) is 0 Å². The number of ether oxygens (including phenoxy) is 1. The first-order valence-corrected chi connectivity index (χ1v) is 10.3. The molecule has 1 saturated carbocycles. The van der Waals surface area contributed by atoms with E-state index in [1.54, 1.807) is 11.8 Å². The molecule has 0 spiro atoms. The highest BCUT2D eigenvalue weighted by molar-refractivity contribution is 9.10. The zero-order valence-electron chi connectivity index (χ0n) is 15.5. The van der Waals surface area contributed by atoms with Crippen LogP contribution in [-0.4, -0.2) is 36.5 Å². The van der Waals surface area contributed by atoms with Crippen LogP contribution in [0.3, 0.4) is 0 Å². The number of para-hydroxylation sites is 1. The lowest BCUT2D eigenvalue weighted by molar-refractivity contribution is -0.155. The molecule has 1 heterocycles. The zero-order valence-corrected chi connectivity index (χ0v) is 17.1. The molecule has 1 N–H and O–H groups in total. The van der Waals surface area contributed by atoms with Gasteiger partial charge in [-0.2, -0.15) is 0 Å². The van der Waals surface area contributed by atoms with Crippen molar-refractivity contribution in [3.8, 4) is 0 Å². The van der Waals surface area contributed by atoms with Gasteiger partial charge < -0.3 is 15.0 Å². The molecule has 146 valence electrons. The summed E-state index contributed by atoms with van der Waals surface area (Å²) in [5.41, 5.74) is -0.189. The van der Waals surface area contributed by atoms with E-state index in [-0.39, 0.29) is 30.8 Å². The molecule has 2 aliphatic rings. The highest BCUT2D eigenvalue weighted by atomic mass is 79.9. The molecular weight excluding hydrogens is 412 g/mol. The molecule has 1 aliphatic carbocycles. The van der Waals surface area contributed by atoms with E-state index in [2.05, 4.69) is 21.2 Å². The maximum absolute atomic E-state index is 12.9. The summed E-state index contributed by atoms with van der Waals surface area (Å²) >= 11 is 3.46. The van der Waals surface area contributed by atoms with Crippen molar-refractivity contribution in [2.24, 2.45) is 5.92 Å². The molecule has 0 bridgehead atoms. The number of nitrogens with zero attached hydrogens (tertiary/aromatic N) is 1. The quantitative estimate of drug-likeness (QED) is 0.719. The van der Waals surface area contributed by atoms with Crippen LogP contribution in [0.4, 0.5) is 5.69 Å². The summed E-state index contributed by atoms with van der Waals surface area (Å²) in [5.74, 6) is -1.16. The predicted molar refractivity (Wildman–Crippen MR) is 105 cm³/mol. The van der Waals surface area contributed by atoms with Gasteiger partial charge in [-0.05, 0) is 47.8 Å². The minimum atomic E-state index is -0.949. The Hall–Kier alpha value is -1.89. The van der Waals surface area contributed by atoms with E-state index in [0.717, 1.165) is 29.4 Å². The van der Waals surface area contributed by atoms with Crippen molar-refractivity contribution in [3.63, 3.8) is 0 Å². The Morgan fingerprint density at radius 3 is 2.63 bits per heavy atom. The van der Waals surface area contributed by atoms with Gasteiger partial charge in [-0.25, -0.2) is 4.79 Å². The summed E-state index contributed by atoms with van der Waals surface area (Å²) in [6.45, 7) is 2.36. The average molecular weight is 437 g/mol. The van der Waals surface area contributed by atoms with Crippen LogP contribution in [-0.2, 0) is 19.1 Å². The van der Waals surface area contributed by atoms with Gasteiger partial charge in [-0.3, -0.25) is 9.59 Å². The van der Waals surface area contributed by atoms with E-state index in [1.807, 2.05) is 24.3 Å². The molecule has 1 saturated heterocycles. The molecule has 7 heteroatoms. The number of nitrogens with one attached hydrogen (secondary N) is 1. The number of carbonyl (C=O) groups excluding carboxylic acids is 3. The number of rotatable bonds is 5. The molecule has 1 atom stereocenters. The van der Waals surface area contributed by atoms with Gasteiger partial charge in [-0.15, -0.1) is 0 Å². The van der Waals surface area contributed by atoms with Crippen molar-refractivity contribution in [3.05, 3.63) is 28.7 Å². The number of hydrogen-bond donors (Lipinski definition) is 1. The van der Waals surface area contributed by atoms with Crippen molar-refractivity contribution in [1.29, 1.82) is 0 Å². The minimum absolute atomic E-state index is 0.0871. The molecule has 1 aliphatic heterocycles. The van der Waals surface area contributed by atoms with Crippen LogP contribution >= 0.6 is 15.9 Å². The van der Waals surface area contributed by atoms with Crippen LogP contribution in [0.1, 0.15) is 45.4 Å². The topological polar surface area (TPSA) is 75.7 Å². The Bertz CT molecular complexity index is 730. The molecule has 1 aromatic carbocycles. The molecule has 2 amide bonds. The van der Waals surface area contributed by atoms with Gasteiger partial charge in [0.05, 0.1) is 18.2 Å². The largest absolute Gasteiger partial charge is 0.464 e. The van der Waals surface area contributed by atoms with Gasteiger partial charge >= 0.3 is 5.97 Å². The van der Waals surface area contributed by atoms with E-state index in [9.17, 15) is 14.4 Å². The Balaban J connectivity index is 1.73. The Kier molecular flexibility index (Phi) is 6.19. The van der Waals surface area contributed by atoms with Crippen molar-refractivity contribution in [2.45, 2.75) is 51.0 Å². The van der Waals surface area contributed by atoms with Crippen molar-refractivity contribution in [1.82, 2.24) is 5.32 Å². The van der Waals surface area contributed by atoms with Crippen LogP contribution in [0.15, 0.2) is 28.7 Å². The standard InChI is InChI=1S/C20H25BrN2O4/c1-2-27-19(26)20(10-6-3-7-11-20)22-18(25)14-12-17(24)23(13-14)16-9-5-4-8-15(16)21/h4-5,8-9,14H,2-3,6-7,10-13H2,1H3,(H,22,25)/t14-/m1/s1. The summed E-state index contributed by atoms with van der Waals surface area (Å²) < 4.78 is 6.05. The molecule has 0 unspecified atom stereocenters. The number of carbonyl (C=O) groups is 3. The fourth-order valence-corrected chi connectivity index (χ4v) is 4.43. The molecule has 0 radical (unpaired) electrons. The second-order valence-electron chi connectivity index (χ2n) is 7.21. The first-order valence-electron chi connectivity index (χ1n) is 9.51. The predicted octanol–water partition coefficient (Wildman–Crippen LogP) is 3.18. The maximum atomic E-state index is 12.9. The van der Waals surface area contributed by atoms with Gasteiger partial charge in [-0.1, -0.05) is 31.4 Å². The Morgan fingerprint density at radius 2 is 1.96 bits per heavy atom. The van der Waals surface area contributed by atoms with Gasteiger partial charge in [0.1, 0.15) is 5.54 Å². The van der Waals surface area contributed by atoms with E-state index >= 15 is 0 Å². The Morgan fingerprint density at radius 1 is 1.26 bits per heavy atom. The molecule has 0 aromatic heterocycles. The maximum Gasteiger partial charge on any atom is 0.331 e. The van der Waals surface area contributed by atoms with Crippen molar-refractivity contribution in [2.75, 3.05) is 18.1 Å². The number of anilines is 1. The van der Waals surface area contributed by atoms with Gasteiger partial charge in [0.2, 0.25) is 11.8 Å². The smallest absolute Gasteiger partial charge is 0.331 e. The fraction of sp³-hybridized carbons (Fsp3) is 0.550. The van der Waals surface area contributed by atoms with Gasteiger partial charge in [0.25, 0.3) is 0 Å². The third-order valence-corrected chi connectivity index (χ3v) is 6.05. The molecule has 1 aromatic rings. The normalized spacial score (nSPS) is 21.8. The third kappa shape index (κ3) is 4.18. The lowest BCUT2D eigenvalue weighted by Gasteiger charge is -2.36. The summed E-state index contributed by atoms with van der Waals surface area (Å²) in [6, 6.07) is 7.46. The number of amides is 2. The van der Waals surface area contributed by atoms with Crippen LogP contribution in [0, 0.1) is 5.92 Å². The van der Waals surface area contributed by atoms with E-state index in [4.69, 9.17) is 4.74 Å². The van der Waals surface area contributed by atoms with Crippen LogP contribution in [0.25, 0.3) is 0 Å². The highest BCUT2D eigenvalue weighted by Crippen LogP contribution is 2.33.